The number of fused-ring (bicyclic) bond motifs is 1. The zero-order valence-corrected chi connectivity index (χ0v) is 16.4. The zero-order valence-electron chi connectivity index (χ0n) is 15.6. The van der Waals surface area contributed by atoms with Gasteiger partial charge in [-0.1, -0.05) is 18.2 Å². The van der Waals surface area contributed by atoms with Crippen molar-refractivity contribution in [1.82, 2.24) is 14.5 Å². The molecule has 0 aliphatic heterocycles. The number of nitrogens with zero attached hydrogens (tertiary/aromatic N) is 3. The van der Waals surface area contributed by atoms with Gasteiger partial charge in [0.05, 0.1) is 17.3 Å². The molecule has 30 heavy (non-hydrogen) atoms. The number of thiophene rings is 1. The van der Waals surface area contributed by atoms with Crippen molar-refractivity contribution < 1.29 is 22.7 Å². The number of carbonyl (C=O) groups is 1. The number of benzene rings is 1. The molecule has 0 fully saturated rings. The Kier molecular flexibility index (Phi) is 4.94. The maximum Gasteiger partial charge on any atom is 0.416 e. The molecule has 2 N–H and O–H groups in total. The van der Waals surface area contributed by atoms with E-state index in [9.17, 15) is 18.0 Å². The molecular weight excluding hydrogens is 417 g/mol. The van der Waals surface area contributed by atoms with E-state index in [1.165, 1.54) is 18.2 Å². The summed E-state index contributed by atoms with van der Waals surface area (Å²) in [6.07, 6.45) is -1.30. The molecule has 6 nitrogen and oxygen atoms in total. The van der Waals surface area contributed by atoms with Crippen molar-refractivity contribution in [3.8, 4) is 10.8 Å². The van der Waals surface area contributed by atoms with Crippen LogP contribution in [0.2, 0.25) is 0 Å². The van der Waals surface area contributed by atoms with Gasteiger partial charge in [0.1, 0.15) is 34.1 Å². The fraction of sp³-hybridized carbons (Fsp3) is 0.150. The molecule has 4 aromatic rings. The Morgan fingerprint density at radius 1 is 1.23 bits per heavy atom. The van der Waals surface area contributed by atoms with E-state index in [2.05, 4.69) is 9.97 Å². The minimum Gasteiger partial charge on any atom is -0.487 e. The van der Waals surface area contributed by atoms with Crippen LogP contribution in [0.15, 0.2) is 48.9 Å². The van der Waals surface area contributed by atoms with Gasteiger partial charge in [-0.2, -0.15) is 13.2 Å². The normalized spacial score (nSPS) is 11.7. The van der Waals surface area contributed by atoms with Gasteiger partial charge in [0, 0.05) is 17.3 Å². The van der Waals surface area contributed by atoms with Crippen molar-refractivity contribution in [2.45, 2.75) is 19.7 Å². The van der Waals surface area contributed by atoms with E-state index >= 15 is 0 Å². The lowest BCUT2D eigenvalue weighted by Gasteiger charge is -2.13. The van der Waals surface area contributed by atoms with Crippen molar-refractivity contribution in [2.75, 3.05) is 0 Å². The van der Waals surface area contributed by atoms with Gasteiger partial charge in [0.2, 0.25) is 0 Å². The summed E-state index contributed by atoms with van der Waals surface area (Å²) in [5.41, 5.74) is 6.86. The number of carbonyl (C=O) groups excluding carboxylic acids is 1. The minimum atomic E-state index is -4.51. The molecular formula is C20H15F3N4O2S. The first-order chi connectivity index (χ1) is 14.2. The predicted octanol–water partition coefficient (Wildman–Crippen LogP) is 4.49. The number of primary amides is 1. The highest BCUT2D eigenvalue weighted by Crippen LogP contribution is 2.36. The summed E-state index contributed by atoms with van der Waals surface area (Å²) < 4.78 is 47.0. The summed E-state index contributed by atoms with van der Waals surface area (Å²) in [7, 11) is 0. The number of hydrogen-bond donors (Lipinski definition) is 1. The van der Waals surface area contributed by atoms with Crippen LogP contribution >= 0.6 is 11.3 Å². The van der Waals surface area contributed by atoms with Crippen LogP contribution in [0.1, 0.15) is 26.5 Å². The number of aromatic nitrogens is 3. The second kappa shape index (κ2) is 7.45. The lowest BCUT2D eigenvalue weighted by molar-refractivity contribution is -0.138. The second-order valence-corrected chi connectivity index (χ2v) is 7.55. The molecule has 10 heteroatoms. The Labute approximate surface area is 172 Å². The van der Waals surface area contributed by atoms with Crippen LogP contribution in [-0.4, -0.2) is 20.4 Å². The molecule has 0 aliphatic carbocycles. The highest BCUT2D eigenvalue weighted by Gasteiger charge is 2.33. The van der Waals surface area contributed by atoms with Crippen molar-refractivity contribution in [2.24, 2.45) is 5.73 Å². The SMILES string of the molecule is Cc1cc2c(cn1)ncn2-c1cc(OCc2ccccc2C(F)(F)F)c(C(N)=O)s1. The van der Waals surface area contributed by atoms with Crippen LogP contribution in [0.4, 0.5) is 13.2 Å². The average Bonchev–Trinajstić information content (AvgIpc) is 3.29. The molecule has 154 valence electrons. The predicted molar refractivity (Wildman–Crippen MR) is 106 cm³/mol. The summed E-state index contributed by atoms with van der Waals surface area (Å²) in [4.78, 5) is 20.5. The van der Waals surface area contributed by atoms with E-state index in [-0.39, 0.29) is 22.8 Å². The van der Waals surface area contributed by atoms with Gasteiger partial charge in [0.15, 0.2) is 0 Å². The van der Waals surface area contributed by atoms with Crippen LogP contribution < -0.4 is 10.5 Å². The standard InChI is InChI=1S/C20H15F3N4O2S/c1-11-6-15-14(8-25-11)26-10-27(15)17-7-16(18(30-17)19(24)28)29-9-12-4-2-3-5-13(12)20(21,22)23/h2-8,10H,9H2,1H3,(H2,24,28). The second-order valence-electron chi connectivity index (χ2n) is 6.51. The first-order valence-electron chi connectivity index (χ1n) is 8.75. The lowest BCUT2D eigenvalue weighted by Crippen LogP contribution is -2.13. The molecule has 3 heterocycles. The summed E-state index contributed by atoms with van der Waals surface area (Å²) >= 11 is 1.07. The Morgan fingerprint density at radius 3 is 2.73 bits per heavy atom. The maximum atomic E-state index is 13.2. The topological polar surface area (TPSA) is 83.0 Å². The van der Waals surface area contributed by atoms with Gasteiger partial charge < -0.3 is 10.5 Å². The van der Waals surface area contributed by atoms with Crippen LogP contribution in [0, 0.1) is 6.92 Å². The Bertz CT molecular complexity index is 1250. The van der Waals surface area contributed by atoms with Crippen LogP contribution in [0.25, 0.3) is 16.0 Å². The summed E-state index contributed by atoms with van der Waals surface area (Å²) in [6.45, 7) is 1.48. The highest BCUT2D eigenvalue weighted by molar-refractivity contribution is 7.16. The quantitative estimate of drug-likeness (QED) is 0.504. The third-order valence-electron chi connectivity index (χ3n) is 4.42. The van der Waals surface area contributed by atoms with Crippen LogP contribution in [0.5, 0.6) is 5.75 Å². The van der Waals surface area contributed by atoms with Gasteiger partial charge in [0.25, 0.3) is 5.91 Å². The largest absolute Gasteiger partial charge is 0.487 e. The molecule has 0 bridgehead atoms. The molecule has 0 spiro atoms. The van der Waals surface area contributed by atoms with Crippen LogP contribution in [0.3, 0.4) is 0 Å². The third-order valence-corrected chi connectivity index (χ3v) is 5.55. The number of amides is 1. The maximum absolute atomic E-state index is 13.2. The number of pyridine rings is 1. The molecule has 0 unspecified atom stereocenters. The number of hydrogen-bond acceptors (Lipinski definition) is 5. The monoisotopic (exact) mass is 432 g/mol. The molecule has 0 saturated heterocycles. The fourth-order valence-corrected chi connectivity index (χ4v) is 3.96. The number of ether oxygens (including phenoxy) is 1. The number of alkyl halides is 3. The molecule has 3 aromatic heterocycles. The van der Waals surface area contributed by atoms with Crippen molar-refractivity contribution in [3.63, 3.8) is 0 Å². The Hall–Kier alpha value is -3.40. The zero-order chi connectivity index (χ0) is 21.5. The van der Waals surface area contributed by atoms with E-state index in [1.807, 2.05) is 13.0 Å². The number of halogens is 3. The molecule has 4 rings (SSSR count). The number of rotatable bonds is 5. The van der Waals surface area contributed by atoms with Gasteiger partial charge in [-0.3, -0.25) is 14.3 Å². The minimum absolute atomic E-state index is 0.0389. The van der Waals surface area contributed by atoms with E-state index in [1.54, 1.807) is 23.2 Å². The molecule has 0 aliphatic rings. The smallest absolute Gasteiger partial charge is 0.416 e. The van der Waals surface area contributed by atoms with E-state index in [4.69, 9.17) is 10.5 Å². The van der Waals surface area contributed by atoms with E-state index < -0.39 is 17.6 Å². The summed E-state index contributed by atoms with van der Waals surface area (Å²) in [5.74, 6) is -0.611. The summed E-state index contributed by atoms with van der Waals surface area (Å²) in [5, 5.41) is 0.594. The van der Waals surface area contributed by atoms with E-state index in [0.29, 0.717) is 10.5 Å². The molecule has 1 amide bonds. The van der Waals surface area contributed by atoms with Crippen molar-refractivity contribution in [1.29, 1.82) is 0 Å². The number of nitrogens with two attached hydrogens (primary N) is 1. The van der Waals surface area contributed by atoms with Crippen LogP contribution in [-0.2, 0) is 12.8 Å². The van der Waals surface area contributed by atoms with Gasteiger partial charge in [-0.25, -0.2) is 4.98 Å². The van der Waals surface area contributed by atoms with Crippen molar-refractivity contribution >= 4 is 28.3 Å². The van der Waals surface area contributed by atoms with Gasteiger partial charge >= 0.3 is 6.18 Å². The molecule has 0 radical (unpaired) electrons. The Morgan fingerprint density at radius 2 is 2.00 bits per heavy atom. The fourth-order valence-electron chi connectivity index (χ4n) is 3.03. The number of aryl methyl sites for hydroxylation is 1. The van der Waals surface area contributed by atoms with Gasteiger partial charge in [-0.15, -0.1) is 11.3 Å². The number of imidazole rings is 1. The first-order valence-corrected chi connectivity index (χ1v) is 9.57. The third kappa shape index (κ3) is 3.73. The molecule has 0 atom stereocenters. The highest BCUT2D eigenvalue weighted by atomic mass is 32.1. The van der Waals surface area contributed by atoms with Gasteiger partial charge in [-0.05, 0) is 19.1 Å². The van der Waals surface area contributed by atoms with Crippen molar-refractivity contribution in [3.05, 3.63) is 70.6 Å². The van der Waals surface area contributed by atoms with E-state index in [0.717, 1.165) is 28.6 Å². The first kappa shape index (κ1) is 19.9. The average molecular weight is 432 g/mol. The molecule has 1 aromatic carbocycles. The summed E-state index contributed by atoms with van der Waals surface area (Å²) in [6, 6.07) is 8.53. The Balaban J connectivity index is 1.69. The lowest BCUT2D eigenvalue weighted by atomic mass is 10.1. The molecule has 0 saturated carbocycles.